The maximum atomic E-state index is 12.4. The summed E-state index contributed by atoms with van der Waals surface area (Å²) in [6.07, 6.45) is 1.50. The van der Waals surface area contributed by atoms with Gasteiger partial charge >= 0.3 is 0 Å². The number of thioether (sulfide) groups is 1. The number of carbonyl (C=O) groups excluding carboxylic acids is 4. The maximum Gasteiger partial charge on any atom is 0.286 e. The van der Waals surface area contributed by atoms with E-state index in [1.54, 1.807) is 43.5 Å². The number of benzene rings is 2. The van der Waals surface area contributed by atoms with E-state index in [-0.39, 0.29) is 29.5 Å². The van der Waals surface area contributed by atoms with Crippen LogP contribution in [0.4, 0.5) is 4.79 Å². The van der Waals surface area contributed by atoms with Gasteiger partial charge in [0.25, 0.3) is 17.1 Å². The van der Waals surface area contributed by atoms with Gasteiger partial charge in [-0.3, -0.25) is 29.4 Å². The Bertz CT molecular complexity index is 1050. The highest BCUT2D eigenvalue weighted by Gasteiger charge is 2.34. The molecule has 2 aromatic rings. The number of methoxy groups -OCH3 is 1. The highest BCUT2D eigenvalue weighted by molar-refractivity contribution is 8.15. The van der Waals surface area contributed by atoms with Crippen molar-refractivity contribution in [2.75, 3.05) is 20.3 Å². The fourth-order valence-electron chi connectivity index (χ4n) is 3.74. The first-order chi connectivity index (χ1) is 15.5. The van der Waals surface area contributed by atoms with Crippen LogP contribution in [0.15, 0.2) is 42.5 Å². The summed E-state index contributed by atoms with van der Waals surface area (Å²) in [6, 6.07) is 12.2. The monoisotopic (exact) mass is 454 g/mol. The van der Waals surface area contributed by atoms with E-state index in [1.165, 1.54) is 4.90 Å². The van der Waals surface area contributed by atoms with Gasteiger partial charge in [0.2, 0.25) is 5.91 Å². The van der Waals surface area contributed by atoms with Crippen molar-refractivity contribution in [3.05, 3.63) is 59.2 Å². The summed E-state index contributed by atoms with van der Waals surface area (Å²) < 4.78 is 11.2. The van der Waals surface area contributed by atoms with Gasteiger partial charge in [-0.15, -0.1) is 0 Å². The molecule has 8 nitrogen and oxygen atoms in total. The zero-order valence-corrected chi connectivity index (χ0v) is 18.3. The van der Waals surface area contributed by atoms with Crippen LogP contribution in [0.5, 0.6) is 11.5 Å². The molecule has 166 valence electrons. The van der Waals surface area contributed by atoms with Crippen LogP contribution in [0, 0.1) is 0 Å². The lowest BCUT2D eigenvalue weighted by Gasteiger charge is -2.16. The molecule has 2 aliphatic rings. The largest absolute Gasteiger partial charge is 0.497 e. The molecule has 0 aliphatic carbocycles. The Balaban J connectivity index is 1.34. The molecule has 4 rings (SSSR count). The smallest absolute Gasteiger partial charge is 0.286 e. The van der Waals surface area contributed by atoms with E-state index < -0.39 is 5.25 Å². The minimum Gasteiger partial charge on any atom is -0.497 e. The standard InChI is InChI=1S/C23H22N2O6S/c1-30-15-8-9-18(14(13-15)7-10-19-20(26)24-23(29)32-19)31-12-4-11-25-21(27)16-5-2-3-6-17(16)22(25)28/h2-3,5-6,8-9,13,19H,4,7,10-12H2,1H3,(H,24,26,29). The second-order valence-corrected chi connectivity index (χ2v) is 8.58. The van der Waals surface area contributed by atoms with Gasteiger partial charge in [-0.05, 0) is 55.2 Å². The molecule has 0 saturated carbocycles. The van der Waals surface area contributed by atoms with E-state index in [2.05, 4.69) is 5.32 Å². The Morgan fingerprint density at radius 3 is 2.38 bits per heavy atom. The topological polar surface area (TPSA) is 102 Å². The number of nitrogens with one attached hydrogen (secondary N) is 1. The van der Waals surface area contributed by atoms with Crippen molar-refractivity contribution in [1.82, 2.24) is 10.2 Å². The van der Waals surface area contributed by atoms with Gasteiger partial charge in [0, 0.05) is 6.54 Å². The first-order valence-electron chi connectivity index (χ1n) is 10.2. The van der Waals surface area contributed by atoms with E-state index in [4.69, 9.17) is 9.47 Å². The molecule has 0 aromatic heterocycles. The molecule has 1 fully saturated rings. The lowest BCUT2D eigenvalue weighted by Crippen LogP contribution is -2.31. The Labute approximate surface area is 189 Å². The number of ether oxygens (including phenoxy) is 2. The molecule has 9 heteroatoms. The molecule has 4 amide bonds. The van der Waals surface area contributed by atoms with Crippen LogP contribution in [0.25, 0.3) is 0 Å². The first-order valence-corrected chi connectivity index (χ1v) is 11.1. The van der Waals surface area contributed by atoms with Crippen molar-refractivity contribution in [1.29, 1.82) is 0 Å². The average Bonchev–Trinajstić information content (AvgIpc) is 3.25. The van der Waals surface area contributed by atoms with Gasteiger partial charge in [-0.1, -0.05) is 23.9 Å². The molecule has 32 heavy (non-hydrogen) atoms. The zero-order chi connectivity index (χ0) is 22.7. The summed E-state index contributed by atoms with van der Waals surface area (Å²) in [4.78, 5) is 49.3. The summed E-state index contributed by atoms with van der Waals surface area (Å²) in [5, 5.41) is 1.55. The van der Waals surface area contributed by atoms with Crippen LogP contribution < -0.4 is 14.8 Å². The number of fused-ring (bicyclic) bond motifs is 1. The molecule has 1 atom stereocenters. The van der Waals surface area contributed by atoms with Crippen LogP contribution in [0.3, 0.4) is 0 Å². The predicted octanol–water partition coefficient (Wildman–Crippen LogP) is 3.04. The quantitative estimate of drug-likeness (QED) is 0.459. The van der Waals surface area contributed by atoms with Gasteiger partial charge in [0.05, 0.1) is 30.1 Å². The molecule has 1 N–H and O–H groups in total. The first kappa shape index (κ1) is 21.9. The molecule has 2 aromatic carbocycles. The van der Waals surface area contributed by atoms with E-state index in [1.807, 2.05) is 6.07 Å². The molecule has 2 heterocycles. The Morgan fingerprint density at radius 2 is 1.75 bits per heavy atom. The normalized spacial score (nSPS) is 17.5. The zero-order valence-electron chi connectivity index (χ0n) is 17.5. The molecule has 0 bridgehead atoms. The van der Waals surface area contributed by atoms with Crippen LogP contribution >= 0.6 is 11.8 Å². The van der Waals surface area contributed by atoms with Crippen LogP contribution in [-0.2, 0) is 11.2 Å². The predicted molar refractivity (Wildman–Crippen MR) is 118 cm³/mol. The van der Waals surface area contributed by atoms with Gasteiger partial charge in [-0.2, -0.15) is 0 Å². The number of amides is 4. The van der Waals surface area contributed by atoms with Crippen molar-refractivity contribution in [3.63, 3.8) is 0 Å². The second-order valence-electron chi connectivity index (χ2n) is 7.41. The maximum absolute atomic E-state index is 12.4. The van der Waals surface area contributed by atoms with Crippen molar-refractivity contribution in [2.24, 2.45) is 0 Å². The van der Waals surface area contributed by atoms with Gasteiger partial charge in [0.1, 0.15) is 11.5 Å². The third kappa shape index (κ3) is 4.47. The SMILES string of the molecule is COc1ccc(OCCCN2C(=O)c3ccccc3C2=O)c(CCC2SC(=O)NC2=O)c1. The van der Waals surface area contributed by atoms with Crippen molar-refractivity contribution in [3.8, 4) is 11.5 Å². The van der Waals surface area contributed by atoms with E-state index in [9.17, 15) is 19.2 Å². The second kappa shape index (κ2) is 9.44. The molecular weight excluding hydrogens is 432 g/mol. The highest BCUT2D eigenvalue weighted by atomic mass is 32.2. The highest BCUT2D eigenvalue weighted by Crippen LogP contribution is 2.29. The Hall–Kier alpha value is -3.33. The number of imide groups is 2. The number of nitrogens with zero attached hydrogens (tertiary/aromatic N) is 1. The summed E-state index contributed by atoms with van der Waals surface area (Å²) >= 11 is 0.999. The molecule has 1 unspecified atom stereocenters. The minimum atomic E-state index is -0.421. The minimum absolute atomic E-state index is 0.263. The van der Waals surface area contributed by atoms with Crippen molar-refractivity contribution < 1.29 is 28.7 Å². The van der Waals surface area contributed by atoms with Gasteiger partial charge < -0.3 is 9.47 Å². The van der Waals surface area contributed by atoms with E-state index >= 15 is 0 Å². The van der Waals surface area contributed by atoms with Crippen molar-refractivity contribution in [2.45, 2.75) is 24.5 Å². The molecule has 0 spiro atoms. The average molecular weight is 455 g/mol. The van der Waals surface area contributed by atoms with Gasteiger partial charge in [-0.25, -0.2) is 0 Å². The Kier molecular flexibility index (Phi) is 6.45. The fraction of sp³-hybridized carbons (Fsp3) is 0.304. The number of hydrogen-bond donors (Lipinski definition) is 1. The summed E-state index contributed by atoms with van der Waals surface area (Å²) in [5.74, 6) is 0.474. The lowest BCUT2D eigenvalue weighted by atomic mass is 10.1. The van der Waals surface area contributed by atoms with Crippen LogP contribution in [-0.4, -0.2) is 53.4 Å². The molecular formula is C23H22N2O6S. The molecule has 2 aliphatic heterocycles. The van der Waals surface area contributed by atoms with Crippen LogP contribution in [0.2, 0.25) is 0 Å². The number of carbonyl (C=O) groups is 4. The molecule has 0 radical (unpaired) electrons. The fourth-order valence-corrected chi connectivity index (χ4v) is 4.56. The van der Waals surface area contributed by atoms with Crippen LogP contribution in [0.1, 0.15) is 39.1 Å². The molecule has 1 saturated heterocycles. The summed E-state index contributed by atoms with van der Waals surface area (Å²) in [7, 11) is 1.57. The number of hydrogen-bond acceptors (Lipinski definition) is 7. The lowest BCUT2D eigenvalue weighted by molar-refractivity contribution is -0.119. The third-order valence-corrected chi connectivity index (χ3v) is 6.42. The number of aryl methyl sites for hydroxylation is 1. The van der Waals surface area contributed by atoms with Gasteiger partial charge in [0.15, 0.2) is 0 Å². The summed E-state index contributed by atoms with van der Waals surface area (Å²) in [5.41, 5.74) is 1.73. The van der Waals surface area contributed by atoms with E-state index in [0.29, 0.717) is 48.5 Å². The number of rotatable bonds is 9. The third-order valence-electron chi connectivity index (χ3n) is 5.37. The Morgan fingerprint density at radius 1 is 1.03 bits per heavy atom. The van der Waals surface area contributed by atoms with E-state index in [0.717, 1.165) is 17.3 Å². The van der Waals surface area contributed by atoms with Crippen molar-refractivity contribution >= 4 is 34.7 Å². The summed E-state index contributed by atoms with van der Waals surface area (Å²) in [6.45, 7) is 0.572.